The van der Waals surface area contributed by atoms with Crippen LogP contribution in [0.1, 0.15) is 13.8 Å². The highest BCUT2D eigenvalue weighted by Crippen LogP contribution is 2.60. The summed E-state index contributed by atoms with van der Waals surface area (Å²) in [6.45, 7) is 4.24. The van der Waals surface area contributed by atoms with Gasteiger partial charge in [0.25, 0.3) is 0 Å². The van der Waals surface area contributed by atoms with Gasteiger partial charge in [-0.05, 0) is 49.1 Å². The van der Waals surface area contributed by atoms with E-state index in [-0.39, 0.29) is 0 Å². The van der Waals surface area contributed by atoms with E-state index in [0.29, 0.717) is 0 Å². The summed E-state index contributed by atoms with van der Waals surface area (Å²) >= 11 is 1.84. The maximum absolute atomic E-state index is 5.06. The first-order valence-electron chi connectivity index (χ1n) is 9.99. The van der Waals surface area contributed by atoms with Gasteiger partial charge in [-0.2, -0.15) is 0 Å². The summed E-state index contributed by atoms with van der Waals surface area (Å²) in [4.78, 5) is 9.55. The molecule has 0 bridgehead atoms. The number of hydrogen-bond donors (Lipinski definition) is 0. The molecule has 1 aliphatic rings. The lowest BCUT2D eigenvalue weighted by molar-refractivity contribution is 0.749. The number of rotatable bonds is 7. The van der Waals surface area contributed by atoms with Crippen molar-refractivity contribution in [3.05, 3.63) is 91.0 Å². The van der Waals surface area contributed by atoms with Crippen molar-refractivity contribution in [3.63, 3.8) is 0 Å². The van der Waals surface area contributed by atoms with Crippen molar-refractivity contribution in [2.75, 3.05) is 11.9 Å². The van der Waals surface area contributed by atoms with Crippen LogP contribution < -0.4 is 15.9 Å². The first-order valence-corrected chi connectivity index (χ1v) is 12.9. The van der Waals surface area contributed by atoms with Crippen molar-refractivity contribution in [3.8, 4) is 0 Å². The molecule has 0 saturated heterocycles. The summed E-state index contributed by atoms with van der Waals surface area (Å²) in [6.07, 6.45) is 2.82. The van der Waals surface area contributed by atoms with Gasteiger partial charge in [0.2, 0.25) is 4.99 Å². The monoisotopic (exact) mass is 417 g/mol. The molecular weight excluding hydrogens is 391 g/mol. The second-order valence-electron chi connectivity index (χ2n) is 7.16. The van der Waals surface area contributed by atoms with Crippen LogP contribution in [0.2, 0.25) is 0 Å². The van der Waals surface area contributed by atoms with Crippen LogP contribution in [-0.4, -0.2) is 28.8 Å². The lowest BCUT2D eigenvalue weighted by atomic mass is 10.4. The SMILES string of the molecule is CCSC1(C[P+](c2ccccc2)(c2ccccc2)c2ccccc2)N=CC(C)=N1. The van der Waals surface area contributed by atoms with Crippen molar-refractivity contribution in [2.24, 2.45) is 9.98 Å². The molecule has 0 fully saturated rings. The lowest BCUT2D eigenvalue weighted by Gasteiger charge is -2.33. The van der Waals surface area contributed by atoms with Gasteiger partial charge in [0.1, 0.15) is 29.3 Å². The normalized spacial score (nSPS) is 18.6. The molecule has 0 saturated carbocycles. The Balaban J connectivity index is 1.99. The van der Waals surface area contributed by atoms with Gasteiger partial charge in [-0.1, -0.05) is 61.5 Å². The predicted molar refractivity (Wildman–Crippen MR) is 132 cm³/mol. The summed E-state index contributed by atoms with van der Waals surface area (Å²) in [6, 6.07) is 32.9. The Morgan fingerprint density at radius 1 is 0.759 bits per heavy atom. The molecule has 4 rings (SSSR count). The predicted octanol–water partition coefficient (Wildman–Crippen LogP) is 4.93. The Morgan fingerprint density at radius 3 is 1.55 bits per heavy atom. The highest BCUT2D eigenvalue weighted by atomic mass is 32.2. The van der Waals surface area contributed by atoms with Crippen LogP contribution in [0.15, 0.2) is 101 Å². The standard InChI is InChI=1S/C25H26N2PS/c1-3-29-25(26-19-21(2)27-25)20-28(22-13-7-4-8-14-22,23-15-9-5-10-16-23)24-17-11-6-12-18-24/h4-19H,3,20H2,1-2H3/q+1. The van der Waals surface area contributed by atoms with Crippen molar-refractivity contribution in [1.29, 1.82) is 0 Å². The van der Waals surface area contributed by atoms with Gasteiger partial charge in [-0.3, -0.25) is 0 Å². The van der Waals surface area contributed by atoms with E-state index in [1.54, 1.807) is 0 Å². The van der Waals surface area contributed by atoms with Crippen molar-refractivity contribution in [1.82, 2.24) is 0 Å². The first kappa shape index (κ1) is 20.1. The van der Waals surface area contributed by atoms with E-state index < -0.39 is 12.3 Å². The molecule has 1 unspecified atom stereocenters. The van der Waals surface area contributed by atoms with Crippen LogP contribution in [0.3, 0.4) is 0 Å². The minimum Gasteiger partial charge on any atom is -0.248 e. The summed E-state index contributed by atoms with van der Waals surface area (Å²) in [5, 5.41) is 4.13. The molecule has 4 heteroatoms. The zero-order valence-corrected chi connectivity index (χ0v) is 18.6. The molecule has 1 atom stereocenters. The topological polar surface area (TPSA) is 24.7 Å². The maximum atomic E-state index is 5.06. The molecule has 3 aromatic carbocycles. The third kappa shape index (κ3) is 3.95. The number of thioether (sulfide) groups is 1. The Kier molecular flexibility index (Phi) is 5.99. The molecule has 2 nitrogen and oxygen atoms in total. The molecule has 0 spiro atoms. The van der Waals surface area contributed by atoms with Crippen LogP contribution >= 0.6 is 19.0 Å². The van der Waals surface area contributed by atoms with E-state index in [2.05, 4.69) is 105 Å². The number of aliphatic imine (C=N–C) groups is 2. The average molecular weight is 418 g/mol. The zero-order valence-electron chi connectivity index (χ0n) is 16.9. The number of nitrogens with zero attached hydrogens (tertiary/aromatic N) is 2. The van der Waals surface area contributed by atoms with Gasteiger partial charge in [-0.25, -0.2) is 9.98 Å². The molecule has 1 heterocycles. The Morgan fingerprint density at radius 2 is 1.21 bits per heavy atom. The molecule has 3 aromatic rings. The number of hydrogen-bond acceptors (Lipinski definition) is 3. The summed E-state index contributed by atoms with van der Waals surface area (Å²) in [5.74, 6) is 0.979. The van der Waals surface area contributed by atoms with Crippen molar-refractivity contribution < 1.29 is 0 Å². The van der Waals surface area contributed by atoms with Gasteiger partial charge >= 0.3 is 0 Å². The zero-order chi connectivity index (χ0) is 20.2. The van der Waals surface area contributed by atoms with Crippen LogP contribution in [-0.2, 0) is 0 Å². The Labute approximate surface area is 178 Å². The molecule has 0 aliphatic carbocycles. The molecular formula is C25H26N2PS+. The van der Waals surface area contributed by atoms with Gasteiger partial charge in [0.15, 0.2) is 0 Å². The Bertz CT molecular complexity index is 906. The minimum absolute atomic E-state index is 0.464. The average Bonchev–Trinajstić information content (AvgIpc) is 3.14. The second kappa shape index (κ2) is 8.65. The molecule has 29 heavy (non-hydrogen) atoms. The van der Waals surface area contributed by atoms with E-state index in [4.69, 9.17) is 9.98 Å². The summed E-state index contributed by atoms with van der Waals surface area (Å²) in [7, 11) is -1.97. The summed E-state index contributed by atoms with van der Waals surface area (Å²) < 4.78 is 0. The first-order chi connectivity index (χ1) is 14.2. The van der Waals surface area contributed by atoms with E-state index in [0.717, 1.165) is 17.6 Å². The lowest BCUT2D eigenvalue weighted by Crippen LogP contribution is -2.40. The van der Waals surface area contributed by atoms with E-state index in [1.165, 1.54) is 15.9 Å². The second-order valence-corrected chi connectivity index (χ2v) is 12.2. The molecule has 146 valence electrons. The third-order valence-corrected chi connectivity index (χ3v) is 11.0. The smallest absolute Gasteiger partial charge is 0.232 e. The van der Waals surface area contributed by atoms with Gasteiger partial charge in [-0.15, -0.1) is 11.8 Å². The van der Waals surface area contributed by atoms with Crippen LogP contribution in [0, 0.1) is 0 Å². The van der Waals surface area contributed by atoms with Gasteiger partial charge < -0.3 is 0 Å². The van der Waals surface area contributed by atoms with E-state index in [9.17, 15) is 0 Å². The number of benzene rings is 3. The minimum atomic E-state index is -1.97. The molecule has 0 N–H and O–H groups in total. The molecule has 1 aliphatic heterocycles. The highest BCUT2D eigenvalue weighted by Gasteiger charge is 2.53. The van der Waals surface area contributed by atoms with Crippen LogP contribution in [0.4, 0.5) is 0 Å². The van der Waals surface area contributed by atoms with Gasteiger partial charge in [0, 0.05) is 6.21 Å². The van der Waals surface area contributed by atoms with E-state index in [1.807, 2.05) is 18.0 Å². The van der Waals surface area contributed by atoms with Gasteiger partial charge in [0.05, 0.1) is 5.71 Å². The van der Waals surface area contributed by atoms with Crippen molar-refractivity contribution >= 4 is 46.9 Å². The Hall–Kier alpha value is -2.22. The fourth-order valence-corrected chi connectivity index (χ4v) is 10.0. The highest BCUT2D eigenvalue weighted by molar-refractivity contribution is 8.02. The summed E-state index contributed by atoms with van der Waals surface area (Å²) in [5.41, 5.74) is 1.01. The maximum Gasteiger partial charge on any atom is 0.232 e. The molecule has 0 radical (unpaired) electrons. The van der Waals surface area contributed by atoms with E-state index >= 15 is 0 Å². The largest absolute Gasteiger partial charge is 0.248 e. The quantitative estimate of drug-likeness (QED) is 0.500. The third-order valence-electron chi connectivity index (χ3n) is 5.21. The fourth-order valence-electron chi connectivity index (χ4n) is 4.03. The molecule has 0 amide bonds. The van der Waals surface area contributed by atoms with Crippen LogP contribution in [0.5, 0.6) is 0 Å². The van der Waals surface area contributed by atoms with Crippen molar-refractivity contribution in [2.45, 2.75) is 18.8 Å². The molecule has 0 aromatic heterocycles. The van der Waals surface area contributed by atoms with Crippen LogP contribution in [0.25, 0.3) is 0 Å². The fraction of sp³-hybridized carbons (Fsp3) is 0.200.